The fraction of sp³-hybridized carbons (Fsp3) is 0.684. The highest BCUT2D eigenvalue weighted by Crippen LogP contribution is 2.24. The highest BCUT2D eigenvalue weighted by Gasteiger charge is 2.34. The van der Waals surface area contributed by atoms with Crippen molar-refractivity contribution >= 4 is 5.91 Å². The third kappa shape index (κ3) is 4.30. The molecule has 2 aliphatic heterocycles. The summed E-state index contributed by atoms with van der Waals surface area (Å²) in [5.74, 6) is 0.795. The van der Waals surface area contributed by atoms with Crippen LogP contribution >= 0.6 is 0 Å². The first-order valence-corrected chi connectivity index (χ1v) is 9.31. The lowest BCUT2D eigenvalue weighted by Gasteiger charge is -2.30. The zero-order valence-corrected chi connectivity index (χ0v) is 15.6. The molecule has 0 N–H and O–H groups in total. The minimum absolute atomic E-state index is 0.0538. The van der Waals surface area contributed by atoms with Gasteiger partial charge in [-0.05, 0) is 24.0 Å². The number of rotatable bonds is 3. The van der Waals surface area contributed by atoms with Crippen LogP contribution in [0.3, 0.4) is 0 Å². The van der Waals surface area contributed by atoms with Crippen LogP contribution in [0, 0.1) is 5.92 Å². The summed E-state index contributed by atoms with van der Waals surface area (Å²) in [4.78, 5) is 30.4. The number of amides is 1. The van der Waals surface area contributed by atoms with Gasteiger partial charge in [0.15, 0.2) is 0 Å². The highest BCUT2D eigenvalue weighted by molar-refractivity contribution is 5.73. The maximum absolute atomic E-state index is 11.8. The first-order valence-electron chi connectivity index (χ1n) is 9.31. The number of carbonyl (C=O) groups is 1. The molecule has 138 valence electrons. The van der Waals surface area contributed by atoms with Crippen LogP contribution in [0.5, 0.6) is 0 Å². The van der Waals surface area contributed by atoms with Crippen LogP contribution in [0.25, 0.3) is 0 Å². The second-order valence-electron chi connectivity index (χ2n) is 7.62. The van der Waals surface area contributed by atoms with Gasteiger partial charge in [0.2, 0.25) is 5.91 Å². The molecule has 2 aliphatic rings. The normalized spacial score (nSPS) is 26.0. The molecule has 0 aromatic carbocycles. The maximum atomic E-state index is 11.8. The molecule has 0 aliphatic carbocycles. The second kappa shape index (κ2) is 7.70. The molecule has 0 unspecified atom stereocenters. The summed E-state index contributed by atoms with van der Waals surface area (Å²) in [6.07, 6.45) is 2.90. The monoisotopic (exact) mass is 346 g/mol. The Balaban J connectivity index is 1.60. The fourth-order valence-corrected chi connectivity index (χ4v) is 4.18. The van der Waals surface area contributed by atoms with Crippen molar-refractivity contribution in [1.82, 2.24) is 19.3 Å². The van der Waals surface area contributed by atoms with Crippen LogP contribution in [0.2, 0.25) is 0 Å². The first kappa shape index (κ1) is 18.1. The summed E-state index contributed by atoms with van der Waals surface area (Å²) in [7, 11) is 1.78. The average Bonchev–Trinajstić information content (AvgIpc) is 2.78. The Morgan fingerprint density at radius 1 is 1.20 bits per heavy atom. The minimum atomic E-state index is 0.0538. The molecule has 0 spiro atoms. The van der Waals surface area contributed by atoms with E-state index in [1.807, 2.05) is 17.2 Å². The summed E-state index contributed by atoms with van der Waals surface area (Å²) >= 11 is 0. The van der Waals surface area contributed by atoms with E-state index in [0.29, 0.717) is 12.0 Å². The zero-order valence-electron chi connectivity index (χ0n) is 15.6. The molecule has 0 bridgehead atoms. The quantitative estimate of drug-likeness (QED) is 0.811. The second-order valence-corrected chi connectivity index (χ2v) is 7.62. The number of aryl methyl sites for hydroxylation is 1. The van der Waals surface area contributed by atoms with E-state index in [1.165, 1.54) is 0 Å². The standard InChI is InChI=1S/C19H30N4O2/c1-15-12-21(13-17-5-8-20(3)19(25)11-17)14-18(15)23-7-4-6-22(9-10-23)16(2)24/h5,8,11,15,18H,4,6-7,9-10,12-14H2,1-3H3/t15-,18+/m1/s1. The Hall–Kier alpha value is -1.66. The summed E-state index contributed by atoms with van der Waals surface area (Å²) < 4.78 is 1.61. The van der Waals surface area contributed by atoms with Gasteiger partial charge in [-0.15, -0.1) is 0 Å². The number of likely N-dealkylation sites (tertiary alicyclic amines) is 1. The van der Waals surface area contributed by atoms with Gasteiger partial charge in [-0.1, -0.05) is 6.92 Å². The van der Waals surface area contributed by atoms with E-state index in [4.69, 9.17) is 0 Å². The van der Waals surface area contributed by atoms with E-state index in [2.05, 4.69) is 16.7 Å². The number of aromatic nitrogens is 1. The topological polar surface area (TPSA) is 48.8 Å². The number of hydrogen-bond acceptors (Lipinski definition) is 4. The maximum Gasteiger partial charge on any atom is 0.250 e. The van der Waals surface area contributed by atoms with Gasteiger partial charge in [-0.3, -0.25) is 19.4 Å². The molecular weight excluding hydrogens is 316 g/mol. The van der Waals surface area contributed by atoms with Gasteiger partial charge in [0.25, 0.3) is 5.56 Å². The third-order valence-electron chi connectivity index (χ3n) is 5.67. The van der Waals surface area contributed by atoms with Crippen molar-refractivity contribution in [3.63, 3.8) is 0 Å². The van der Waals surface area contributed by atoms with Gasteiger partial charge in [-0.25, -0.2) is 0 Å². The van der Waals surface area contributed by atoms with E-state index >= 15 is 0 Å². The van der Waals surface area contributed by atoms with Crippen molar-refractivity contribution in [2.24, 2.45) is 13.0 Å². The molecule has 2 fully saturated rings. The van der Waals surface area contributed by atoms with E-state index in [0.717, 1.165) is 57.8 Å². The van der Waals surface area contributed by atoms with Gasteiger partial charge in [0.05, 0.1) is 0 Å². The smallest absolute Gasteiger partial charge is 0.250 e. The summed E-state index contributed by atoms with van der Waals surface area (Å²) in [6, 6.07) is 4.32. The molecule has 3 rings (SSSR count). The first-order chi connectivity index (χ1) is 11.9. The van der Waals surface area contributed by atoms with E-state index < -0.39 is 0 Å². The molecule has 0 radical (unpaired) electrons. The van der Waals surface area contributed by atoms with E-state index in [1.54, 1.807) is 24.6 Å². The molecule has 3 heterocycles. The van der Waals surface area contributed by atoms with Gasteiger partial charge in [-0.2, -0.15) is 0 Å². The Bertz CT molecular complexity index is 672. The predicted molar refractivity (Wildman–Crippen MR) is 98.4 cm³/mol. The summed E-state index contributed by atoms with van der Waals surface area (Å²) in [5, 5.41) is 0. The number of hydrogen-bond donors (Lipinski definition) is 0. The Labute approximate surface area is 150 Å². The lowest BCUT2D eigenvalue weighted by Crippen LogP contribution is -2.42. The van der Waals surface area contributed by atoms with Crippen LogP contribution in [0.15, 0.2) is 23.1 Å². The molecule has 6 heteroatoms. The molecular formula is C19H30N4O2. The molecule has 1 aromatic heterocycles. The Kier molecular flexibility index (Phi) is 5.59. The van der Waals surface area contributed by atoms with E-state index in [-0.39, 0.29) is 11.5 Å². The molecule has 1 amide bonds. The fourth-order valence-electron chi connectivity index (χ4n) is 4.18. The van der Waals surface area contributed by atoms with Crippen LogP contribution < -0.4 is 5.56 Å². The van der Waals surface area contributed by atoms with Crippen molar-refractivity contribution in [1.29, 1.82) is 0 Å². The SMILES string of the molecule is CC(=O)N1CCCN([C@H]2CN(Cc3ccn(C)c(=O)c3)C[C@H]2C)CC1. The number of carbonyl (C=O) groups excluding carboxylic acids is 1. The summed E-state index contributed by atoms with van der Waals surface area (Å²) in [6.45, 7) is 10.7. The van der Waals surface area contributed by atoms with Crippen molar-refractivity contribution in [3.05, 3.63) is 34.2 Å². The molecule has 2 saturated heterocycles. The molecule has 6 nitrogen and oxygen atoms in total. The number of pyridine rings is 1. The van der Waals surface area contributed by atoms with Crippen molar-refractivity contribution < 1.29 is 4.79 Å². The minimum Gasteiger partial charge on any atom is -0.342 e. The molecule has 2 atom stereocenters. The van der Waals surface area contributed by atoms with Gasteiger partial charge in [0, 0.05) is 78.1 Å². The largest absolute Gasteiger partial charge is 0.342 e. The van der Waals surface area contributed by atoms with Crippen LogP contribution in [0.4, 0.5) is 0 Å². The summed E-state index contributed by atoms with van der Waals surface area (Å²) in [5.41, 5.74) is 1.15. The van der Waals surface area contributed by atoms with Gasteiger partial charge in [0.1, 0.15) is 0 Å². The van der Waals surface area contributed by atoms with Crippen molar-refractivity contribution in [2.45, 2.75) is 32.9 Å². The zero-order chi connectivity index (χ0) is 18.0. The van der Waals surface area contributed by atoms with Crippen LogP contribution in [-0.4, -0.2) is 70.5 Å². The average molecular weight is 346 g/mol. The van der Waals surface area contributed by atoms with Crippen LogP contribution in [-0.2, 0) is 18.4 Å². The van der Waals surface area contributed by atoms with Gasteiger partial charge >= 0.3 is 0 Å². The highest BCUT2D eigenvalue weighted by atomic mass is 16.2. The van der Waals surface area contributed by atoms with Crippen molar-refractivity contribution in [2.75, 3.05) is 39.3 Å². The molecule has 25 heavy (non-hydrogen) atoms. The van der Waals surface area contributed by atoms with Crippen LogP contribution in [0.1, 0.15) is 25.8 Å². The number of nitrogens with zero attached hydrogens (tertiary/aromatic N) is 4. The third-order valence-corrected chi connectivity index (χ3v) is 5.67. The molecule has 0 saturated carbocycles. The predicted octanol–water partition coefficient (Wildman–Crippen LogP) is 0.760. The van der Waals surface area contributed by atoms with E-state index in [9.17, 15) is 9.59 Å². The van der Waals surface area contributed by atoms with Crippen molar-refractivity contribution in [3.8, 4) is 0 Å². The van der Waals surface area contributed by atoms with Gasteiger partial charge < -0.3 is 9.47 Å². The Morgan fingerprint density at radius 3 is 2.72 bits per heavy atom. The lowest BCUT2D eigenvalue weighted by atomic mass is 10.0. The Morgan fingerprint density at radius 2 is 2.00 bits per heavy atom. The lowest BCUT2D eigenvalue weighted by molar-refractivity contribution is -0.128. The molecule has 1 aromatic rings.